The van der Waals surface area contributed by atoms with Crippen LogP contribution < -0.4 is 5.32 Å². The first-order valence-corrected chi connectivity index (χ1v) is 16.2. The predicted molar refractivity (Wildman–Crippen MR) is 162 cm³/mol. The third kappa shape index (κ3) is 5.42. The number of nitrogens with zero attached hydrogens (tertiary/aromatic N) is 3. The summed E-state index contributed by atoms with van der Waals surface area (Å²) in [6, 6.07) is 9.24. The molecule has 2 amide bonds. The predicted octanol–water partition coefficient (Wildman–Crippen LogP) is 5.53. The van der Waals surface area contributed by atoms with Crippen molar-refractivity contribution in [2.24, 2.45) is 16.8 Å². The molecule has 1 aromatic heterocycles. The number of carbonyl (C=O) groups excluding carboxylic acids is 2. The Balaban J connectivity index is 1.13. The van der Waals surface area contributed by atoms with Gasteiger partial charge < -0.3 is 14.6 Å². The number of fused-ring (bicyclic) bond motifs is 1. The molecule has 2 aromatic rings. The summed E-state index contributed by atoms with van der Waals surface area (Å²) in [4.78, 5) is 34.0. The van der Waals surface area contributed by atoms with Gasteiger partial charge >= 0.3 is 0 Å². The highest BCUT2D eigenvalue weighted by atomic mass is 32.2. The Morgan fingerprint density at radius 1 is 1.10 bits per heavy atom. The van der Waals surface area contributed by atoms with Gasteiger partial charge in [-0.3, -0.25) is 14.5 Å². The van der Waals surface area contributed by atoms with Crippen molar-refractivity contribution < 1.29 is 14.3 Å². The van der Waals surface area contributed by atoms with Gasteiger partial charge in [-0.25, -0.2) is 4.99 Å². The van der Waals surface area contributed by atoms with Crippen LogP contribution >= 0.6 is 11.8 Å². The van der Waals surface area contributed by atoms with Gasteiger partial charge in [-0.15, -0.1) is 11.8 Å². The van der Waals surface area contributed by atoms with Crippen LogP contribution in [-0.2, 0) is 9.53 Å². The van der Waals surface area contributed by atoms with Gasteiger partial charge in [-0.1, -0.05) is 18.2 Å². The van der Waals surface area contributed by atoms with E-state index in [-0.39, 0.29) is 18.4 Å². The van der Waals surface area contributed by atoms with Gasteiger partial charge in [0.15, 0.2) is 0 Å². The molecule has 3 heterocycles. The molecule has 0 spiro atoms. The largest absolute Gasteiger partial charge is 0.372 e. The summed E-state index contributed by atoms with van der Waals surface area (Å²) in [5, 5.41) is 4.06. The monoisotopic (exact) mass is 562 g/mol. The Labute approximate surface area is 241 Å². The Bertz CT molecular complexity index is 1350. The molecular formula is C32H42N4O3S. The second-order valence-electron chi connectivity index (χ2n) is 12.2. The number of ether oxygens (including phenoxy) is 1. The number of likely N-dealkylation sites (tertiary alicyclic amines) is 1. The van der Waals surface area contributed by atoms with Gasteiger partial charge in [-0.2, -0.15) is 0 Å². The lowest BCUT2D eigenvalue weighted by atomic mass is 9.80. The number of rotatable bonds is 9. The first kappa shape index (κ1) is 27.7. The minimum atomic E-state index is -0.424. The first-order chi connectivity index (χ1) is 19.3. The van der Waals surface area contributed by atoms with E-state index in [1.165, 1.54) is 38.5 Å². The summed E-state index contributed by atoms with van der Waals surface area (Å²) in [6.07, 6.45) is 12.3. The highest BCUT2D eigenvalue weighted by molar-refractivity contribution is 8.02. The molecule has 2 atom stereocenters. The van der Waals surface area contributed by atoms with Crippen LogP contribution in [-0.4, -0.2) is 71.1 Å². The van der Waals surface area contributed by atoms with E-state index in [1.807, 2.05) is 31.4 Å². The van der Waals surface area contributed by atoms with Crippen LogP contribution in [0.5, 0.6) is 0 Å². The molecule has 3 fully saturated rings. The standard InChI is InChI=1S/C32H42N4O3S/c1-19-15-29(40-4)27(31(37)34-19)16-33-32(38)30-21(3)36(28-8-6-5-7-26(28)30)20(2)22-9-11-23(12-10-22)35-17-25(18-35)39-24-13-14-24/h5-8,15,20,22-25,27H,9-14,16-18H2,1-4H3,(H,33,38)/t20-,22?,23?,27?/m1/s1. The maximum absolute atomic E-state index is 13.6. The van der Waals surface area contributed by atoms with E-state index in [1.54, 1.807) is 11.8 Å². The van der Waals surface area contributed by atoms with Crippen molar-refractivity contribution in [2.75, 3.05) is 25.9 Å². The Kier molecular flexibility index (Phi) is 7.94. The molecule has 40 heavy (non-hydrogen) atoms. The zero-order chi connectivity index (χ0) is 28.0. The number of amides is 2. The van der Waals surface area contributed by atoms with Gasteiger partial charge in [0.1, 0.15) is 0 Å². The van der Waals surface area contributed by atoms with E-state index < -0.39 is 5.92 Å². The van der Waals surface area contributed by atoms with Crippen LogP contribution in [0.2, 0.25) is 0 Å². The van der Waals surface area contributed by atoms with E-state index in [2.05, 4.69) is 45.8 Å². The van der Waals surface area contributed by atoms with Crippen LogP contribution in [0, 0.1) is 18.8 Å². The van der Waals surface area contributed by atoms with Crippen molar-refractivity contribution in [3.05, 3.63) is 46.5 Å². The lowest BCUT2D eigenvalue weighted by molar-refractivity contribution is -0.120. The molecule has 1 unspecified atom stereocenters. The second-order valence-corrected chi connectivity index (χ2v) is 13.1. The SMILES string of the molecule is CSC1=CC(C)=NC(=O)C1CNC(=O)c1c(C)n([C@H](C)C2CCC(N3CC(OC4CC4)C3)CC2)c2ccccc12. The summed E-state index contributed by atoms with van der Waals surface area (Å²) >= 11 is 1.54. The molecule has 214 valence electrons. The summed E-state index contributed by atoms with van der Waals surface area (Å²) < 4.78 is 8.47. The third-order valence-corrected chi connectivity index (χ3v) is 10.4. The Hall–Kier alpha value is -2.42. The van der Waals surface area contributed by atoms with Crippen molar-refractivity contribution in [1.82, 2.24) is 14.8 Å². The quantitative estimate of drug-likeness (QED) is 0.435. The van der Waals surface area contributed by atoms with Crippen molar-refractivity contribution in [3.8, 4) is 0 Å². The third-order valence-electron chi connectivity index (χ3n) is 9.50. The molecule has 0 bridgehead atoms. The van der Waals surface area contributed by atoms with Crippen molar-refractivity contribution >= 4 is 40.2 Å². The number of benzene rings is 1. The van der Waals surface area contributed by atoms with Crippen LogP contribution in [0.1, 0.15) is 74.5 Å². The molecule has 2 aliphatic heterocycles. The summed E-state index contributed by atoms with van der Waals surface area (Å²) in [5.74, 6) is -0.148. The Morgan fingerprint density at radius 3 is 2.52 bits per heavy atom. The molecule has 1 N–H and O–H groups in total. The number of aromatic nitrogens is 1. The second kappa shape index (κ2) is 11.5. The van der Waals surface area contributed by atoms with Crippen LogP contribution in [0.4, 0.5) is 0 Å². The van der Waals surface area contributed by atoms with Gasteiger partial charge in [0.25, 0.3) is 11.8 Å². The maximum Gasteiger partial charge on any atom is 0.255 e. The van der Waals surface area contributed by atoms with E-state index in [9.17, 15) is 9.59 Å². The van der Waals surface area contributed by atoms with Gasteiger partial charge in [0, 0.05) is 58.9 Å². The summed E-state index contributed by atoms with van der Waals surface area (Å²) in [5.41, 5.74) is 3.55. The number of allylic oxidation sites excluding steroid dienone is 1. The molecular weight excluding hydrogens is 520 g/mol. The van der Waals surface area contributed by atoms with Crippen molar-refractivity contribution in [1.29, 1.82) is 0 Å². The molecule has 1 aromatic carbocycles. The summed E-state index contributed by atoms with van der Waals surface area (Å²) in [7, 11) is 0. The average molecular weight is 563 g/mol. The summed E-state index contributed by atoms with van der Waals surface area (Å²) in [6.45, 7) is 8.69. The number of aliphatic imine (C=N–C) groups is 1. The van der Waals surface area contributed by atoms with E-state index >= 15 is 0 Å². The lowest BCUT2D eigenvalue weighted by Crippen LogP contribution is -2.57. The molecule has 4 aliphatic rings. The minimum Gasteiger partial charge on any atom is -0.372 e. The number of carbonyl (C=O) groups is 2. The molecule has 0 radical (unpaired) electrons. The van der Waals surface area contributed by atoms with Crippen LogP contribution in [0.3, 0.4) is 0 Å². The van der Waals surface area contributed by atoms with Crippen LogP contribution in [0.25, 0.3) is 10.9 Å². The van der Waals surface area contributed by atoms with E-state index in [0.717, 1.165) is 45.9 Å². The van der Waals surface area contributed by atoms with E-state index in [0.29, 0.717) is 30.2 Å². The molecule has 8 heteroatoms. The Morgan fingerprint density at radius 2 is 1.82 bits per heavy atom. The van der Waals surface area contributed by atoms with Gasteiger partial charge in [-0.05, 0) is 83.6 Å². The average Bonchev–Trinajstić information content (AvgIpc) is 3.70. The molecule has 1 saturated heterocycles. The molecule has 2 aliphatic carbocycles. The fraction of sp³-hybridized carbons (Fsp3) is 0.594. The zero-order valence-electron chi connectivity index (χ0n) is 24.2. The fourth-order valence-electron chi connectivity index (χ4n) is 7.08. The number of dihydropyridines is 1. The lowest BCUT2D eigenvalue weighted by Gasteiger charge is -2.47. The fourth-order valence-corrected chi connectivity index (χ4v) is 7.83. The van der Waals surface area contributed by atoms with Crippen LogP contribution in [0.15, 0.2) is 40.2 Å². The van der Waals surface area contributed by atoms with E-state index in [4.69, 9.17) is 4.74 Å². The zero-order valence-corrected chi connectivity index (χ0v) is 25.0. The number of hydrogen-bond donors (Lipinski definition) is 1. The topological polar surface area (TPSA) is 75.9 Å². The van der Waals surface area contributed by atoms with Crippen molar-refractivity contribution in [2.45, 2.75) is 83.6 Å². The normalized spacial score (nSPS) is 26.8. The van der Waals surface area contributed by atoms with Gasteiger partial charge in [0.2, 0.25) is 0 Å². The minimum absolute atomic E-state index is 0.122. The molecule has 6 rings (SSSR count). The highest BCUT2D eigenvalue weighted by Gasteiger charge is 2.39. The number of para-hydroxylation sites is 1. The maximum atomic E-state index is 13.6. The molecule has 7 nitrogen and oxygen atoms in total. The first-order valence-electron chi connectivity index (χ1n) is 15.0. The number of thioether (sulfide) groups is 1. The highest BCUT2D eigenvalue weighted by Crippen LogP contribution is 2.40. The van der Waals surface area contributed by atoms with Crippen molar-refractivity contribution in [3.63, 3.8) is 0 Å². The molecule has 2 saturated carbocycles. The van der Waals surface area contributed by atoms with Gasteiger partial charge in [0.05, 0.1) is 23.7 Å². The number of nitrogens with one attached hydrogen (secondary N) is 1. The number of hydrogen-bond acceptors (Lipinski definition) is 5. The smallest absolute Gasteiger partial charge is 0.255 e.